The first-order valence-electron chi connectivity index (χ1n) is 7.72. The van der Waals surface area contributed by atoms with Gasteiger partial charge in [-0.15, -0.1) is 0 Å². The van der Waals surface area contributed by atoms with Crippen molar-refractivity contribution < 1.29 is 14.5 Å². The van der Waals surface area contributed by atoms with Crippen molar-refractivity contribution in [1.29, 1.82) is 0 Å². The van der Waals surface area contributed by atoms with Gasteiger partial charge in [-0.3, -0.25) is 14.9 Å². The highest BCUT2D eigenvalue weighted by Gasteiger charge is 2.14. The molecule has 8 heteroatoms. The molecule has 134 valence electrons. The second-order valence-electron chi connectivity index (χ2n) is 4.85. The molecule has 0 saturated heterocycles. The van der Waals surface area contributed by atoms with Gasteiger partial charge in [0.1, 0.15) is 11.0 Å². The van der Waals surface area contributed by atoms with E-state index in [1.165, 1.54) is 19.2 Å². The Morgan fingerprint density at radius 2 is 1.84 bits per heavy atom. The Balaban J connectivity index is 0.00000151. The third kappa shape index (κ3) is 5.79. The number of rotatable bonds is 5. The summed E-state index contributed by atoms with van der Waals surface area (Å²) < 4.78 is 4.61. The zero-order valence-electron chi connectivity index (χ0n) is 14.6. The van der Waals surface area contributed by atoms with Crippen LogP contribution in [0.2, 0.25) is 5.15 Å². The number of nitrogens with zero attached hydrogens (tertiary/aromatic N) is 3. The first-order chi connectivity index (χ1) is 11.9. The van der Waals surface area contributed by atoms with Crippen LogP contribution >= 0.6 is 11.6 Å². The fourth-order valence-electron chi connectivity index (χ4n) is 2.03. The molecule has 0 fully saturated rings. The molecule has 0 aliphatic carbocycles. The van der Waals surface area contributed by atoms with Crippen molar-refractivity contribution in [3.05, 3.63) is 62.2 Å². The summed E-state index contributed by atoms with van der Waals surface area (Å²) in [7, 11) is 1.30. The van der Waals surface area contributed by atoms with Gasteiger partial charge in [-0.25, -0.2) is 9.97 Å². The van der Waals surface area contributed by atoms with Gasteiger partial charge in [-0.2, -0.15) is 0 Å². The van der Waals surface area contributed by atoms with E-state index in [-0.39, 0.29) is 17.3 Å². The molecule has 0 bridgehead atoms. The Kier molecular flexibility index (Phi) is 7.94. The summed E-state index contributed by atoms with van der Waals surface area (Å²) >= 11 is 6.12. The van der Waals surface area contributed by atoms with Crippen LogP contribution in [-0.2, 0) is 22.4 Å². The number of non-ortho nitro benzene ring substituents is 1. The number of methoxy groups -OCH3 is 1. The number of carbonyl (C=O) groups excluding carboxylic acids is 1. The molecule has 0 N–H and O–H groups in total. The number of benzene rings is 1. The first kappa shape index (κ1) is 20.5. The summed E-state index contributed by atoms with van der Waals surface area (Å²) in [6.07, 6.45) is 0.399. The largest absolute Gasteiger partial charge is 0.469 e. The van der Waals surface area contributed by atoms with Crippen LogP contribution in [0.1, 0.15) is 36.5 Å². The van der Waals surface area contributed by atoms with Crippen molar-refractivity contribution in [3.63, 3.8) is 0 Å². The zero-order valence-corrected chi connectivity index (χ0v) is 15.3. The van der Waals surface area contributed by atoms with Gasteiger partial charge in [0.05, 0.1) is 18.5 Å². The molecule has 7 nitrogen and oxygen atoms in total. The van der Waals surface area contributed by atoms with Crippen LogP contribution in [0.3, 0.4) is 0 Å². The van der Waals surface area contributed by atoms with Crippen molar-refractivity contribution in [2.24, 2.45) is 0 Å². The number of ether oxygens (including phenoxy) is 1. The summed E-state index contributed by atoms with van der Waals surface area (Å²) in [5.74, 6) is 0.0664. The second kappa shape index (κ2) is 9.68. The van der Waals surface area contributed by atoms with Gasteiger partial charge in [0.15, 0.2) is 0 Å². The molecule has 0 spiro atoms. The minimum Gasteiger partial charge on any atom is -0.469 e. The Morgan fingerprint density at radius 3 is 2.32 bits per heavy atom. The minimum atomic E-state index is -0.455. The summed E-state index contributed by atoms with van der Waals surface area (Å²) in [5.41, 5.74) is 1.99. The lowest BCUT2D eigenvalue weighted by atomic mass is 10.1. The Hall–Kier alpha value is -2.54. The van der Waals surface area contributed by atoms with E-state index in [2.05, 4.69) is 14.7 Å². The lowest BCUT2D eigenvalue weighted by molar-refractivity contribution is -0.384. The van der Waals surface area contributed by atoms with Gasteiger partial charge in [-0.1, -0.05) is 37.6 Å². The van der Waals surface area contributed by atoms with E-state index in [9.17, 15) is 14.9 Å². The van der Waals surface area contributed by atoms with E-state index >= 15 is 0 Å². The highest BCUT2D eigenvalue weighted by molar-refractivity contribution is 6.30. The molecule has 1 heterocycles. The van der Waals surface area contributed by atoms with E-state index in [0.717, 1.165) is 5.56 Å². The molecule has 2 aromatic rings. The second-order valence-corrected chi connectivity index (χ2v) is 5.21. The van der Waals surface area contributed by atoms with Crippen LogP contribution in [0.4, 0.5) is 5.69 Å². The van der Waals surface area contributed by atoms with Gasteiger partial charge in [0.25, 0.3) is 5.69 Å². The molecular weight excluding hydrogens is 346 g/mol. The van der Waals surface area contributed by atoms with Crippen LogP contribution in [0, 0.1) is 17.0 Å². The van der Waals surface area contributed by atoms with Crippen LogP contribution < -0.4 is 0 Å². The van der Waals surface area contributed by atoms with E-state index < -0.39 is 10.9 Å². The highest BCUT2D eigenvalue weighted by Crippen LogP contribution is 2.20. The maximum Gasteiger partial charge on any atom is 0.310 e. The number of nitro groups is 1. The molecule has 1 aromatic carbocycles. The molecular formula is C17H20ClN3O4. The van der Waals surface area contributed by atoms with Crippen LogP contribution in [0.15, 0.2) is 24.3 Å². The number of carbonyl (C=O) groups is 1. The monoisotopic (exact) mass is 365 g/mol. The van der Waals surface area contributed by atoms with Gasteiger partial charge in [0.2, 0.25) is 0 Å². The predicted octanol–water partition coefficient (Wildman–Crippen LogP) is 3.68. The molecule has 0 amide bonds. The lowest BCUT2D eigenvalue weighted by Crippen LogP contribution is -2.10. The van der Waals surface area contributed by atoms with Gasteiger partial charge >= 0.3 is 5.97 Å². The molecule has 0 atom stereocenters. The Labute approximate surface area is 151 Å². The molecule has 2 rings (SSSR count). The topological polar surface area (TPSA) is 95.2 Å². The molecule has 25 heavy (non-hydrogen) atoms. The number of halogens is 1. The number of hydrogen-bond donors (Lipinski definition) is 0. The number of hydrogen-bond acceptors (Lipinski definition) is 6. The fourth-order valence-corrected chi connectivity index (χ4v) is 2.33. The van der Waals surface area contributed by atoms with Gasteiger partial charge < -0.3 is 4.74 Å². The SMILES string of the molecule is CC.COC(=O)Cc1c(C)nc(Cc2ccc([N+](=O)[O-])cc2)nc1Cl. The molecule has 0 radical (unpaired) electrons. The van der Waals surface area contributed by atoms with E-state index in [1.807, 2.05) is 13.8 Å². The number of nitro benzene ring substituents is 1. The number of aromatic nitrogens is 2. The van der Waals surface area contributed by atoms with Gasteiger partial charge in [-0.05, 0) is 12.5 Å². The van der Waals surface area contributed by atoms with E-state index in [1.54, 1.807) is 19.1 Å². The van der Waals surface area contributed by atoms with E-state index in [0.29, 0.717) is 23.5 Å². The summed E-state index contributed by atoms with van der Waals surface area (Å²) in [6, 6.07) is 6.14. The number of aryl methyl sites for hydroxylation is 1. The maximum atomic E-state index is 11.4. The average molecular weight is 366 g/mol. The fraction of sp³-hybridized carbons (Fsp3) is 0.353. The van der Waals surface area contributed by atoms with Crippen molar-refractivity contribution in [1.82, 2.24) is 9.97 Å². The molecule has 0 unspecified atom stereocenters. The summed E-state index contributed by atoms with van der Waals surface area (Å²) in [6.45, 7) is 5.74. The maximum absolute atomic E-state index is 11.4. The molecule has 0 aliphatic heterocycles. The van der Waals surface area contributed by atoms with Crippen molar-refractivity contribution >= 4 is 23.3 Å². The normalized spacial score (nSPS) is 9.80. The quantitative estimate of drug-likeness (QED) is 0.347. The Morgan fingerprint density at radius 1 is 1.24 bits per heavy atom. The van der Waals surface area contributed by atoms with E-state index in [4.69, 9.17) is 11.6 Å². The standard InChI is InChI=1S/C15H14ClN3O4.C2H6/c1-9-12(8-14(20)23-2)15(16)18-13(17-9)7-10-3-5-11(6-4-10)19(21)22;1-2/h3-6H,7-8H2,1-2H3;1-2H3. The average Bonchev–Trinajstić information content (AvgIpc) is 2.60. The van der Waals surface area contributed by atoms with Crippen molar-refractivity contribution in [2.45, 2.75) is 33.6 Å². The summed E-state index contributed by atoms with van der Waals surface area (Å²) in [5, 5.41) is 10.8. The smallest absolute Gasteiger partial charge is 0.310 e. The third-order valence-electron chi connectivity index (χ3n) is 3.27. The predicted molar refractivity (Wildman–Crippen MR) is 94.7 cm³/mol. The van der Waals surface area contributed by atoms with Crippen molar-refractivity contribution in [3.8, 4) is 0 Å². The van der Waals surface area contributed by atoms with Crippen LogP contribution in [-0.4, -0.2) is 28.0 Å². The lowest BCUT2D eigenvalue weighted by Gasteiger charge is -2.09. The van der Waals surface area contributed by atoms with Crippen LogP contribution in [0.5, 0.6) is 0 Å². The molecule has 1 aromatic heterocycles. The third-order valence-corrected chi connectivity index (χ3v) is 3.58. The highest BCUT2D eigenvalue weighted by atomic mass is 35.5. The number of esters is 1. The zero-order chi connectivity index (χ0) is 19.0. The van der Waals surface area contributed by atoms with Crippen molar-refractivity contribution in [2.75, 3.05) is 7.11 Å². The minimum absolute atomic E-state index is 0.0129. The molecule has 0 saturated carbocycles. The first-order valence-corrected chi connectivity index (χ1v) is 8.10. The molecule has 0 aliphatic rings. The van der Waals surface area contributed by atoms with Crippen LogP contribution in [0.25, 0.3) is 0 Å². The Bertz CT molecular complexity index is 725. The summed E-state index contributed by atoms with van der Waals surface area (Å²) in [4.78, 5) is 30.1. The van der Waals surface area contributed by atoms with Gasteiger partial charge in [0, 0.05) is 29.8 Å².